The van der Waals surface area contributed by atoms with Gasteiger partial charge in [-0.1, -0.05) is 18.2 Å². The molecule has 0 bridgehead atoms. The third-order valence-electron chi connectivity index (χ3n) is 3.85. The van der Waals surface area contributed by atoms with Crippen LogP contribution in [0.5, 0.6) is 0 Å². The fraction of sp³-hybridized carbons (Fsp3) is 0.111. The zero-order chi connectivity index (χ0) is 18.2. The molecule has 3 rings (SSSR count). The van der Waals surface area contributed by atoms with Crippen molar-refractivity contribution in [2.75, 3.05) is 5.32 Å². The zero-order valence-electron chi connectivity index (χ0n) is 13.1. The van der Waals surface area contributed by atoms with E-state index in [-0.39, 0.29) is 16.5 Å². The van der Waals surface area contributed by atoms with Crippen molar-refractivity contribution in [1.29, 1.82) is 0 Å². The molecule has 0 radical (unpaired) electrons. The fourth-order valence-corrected chi connectivity index (χ4v) is 2.47. The summed E-state index contributed by atoms with van der Waals surface area (Å²) in [7, 11) is 0. The molecular weight excluding hydrogens is 333 g/mol. The van der Waals surface area contributed by atoms with E-state index >= 15 is 0 Å². The van der Waals surface area contributed by atoms with Gasteiger partial charge in [0.25, 0.3) is 5.91 Å². The van der Waals surface area contributed by atoms with Crippen molar-refractivity contribution in [3.63, 3.8) is 0 Å². The van der Waals surface area contributed by atoms with Gasteiger partial charge in [0.05, 0.1) is 5.56 Å². The van der Waals surface area contributed by atoms with Gasteiger partial charge in [0.2, 0.25) is 5.43 Å². The first-order valence-electron chi connectivity index (χ1n) is 7.37. The van der Waals surface area contributed by atoms with Gasteiger partial charge in [-0.15, -0.1) is 0 Å². The van der Waals surface area contributed by atoms with Crippen LogP contribution in [-0.2, 0) is 6.18 Å². The smallest absolute Gasteiger partial charge is 0.360 e. The number of nitrogens with one attached hydrogen (secondary N) is 2. The lowest BCUT2D eigenvalue weighted by molar-refractivity contribution is -0.137. The van der Waals surface area contributed by atoms with E-state index in [9.17, 15) is 22.8 Å². The minimum Gasteiger partial charge on any atom is -0.360 e. The predicted octanol–water partition coefficient (Wildman–Crippen LogP) is 4.11. The molecule has 3 aromatic rings. The summed E-state index contributed by atoms with van der Waals surface area (Å²) in [4.78, 5) is 27.4. The van der Waals surface area contributed by atoms with E-state index in [0.29, 0.717) is 5.69 Å². The topological polar surface area (TPSA) is 62.0 Å². The number of hydrogen-bond acceptors (Lipinski definition) is 2. The molecule has 0 fully saturated rings. The van der Waals surface area contributed by atoms with Gasteiger partial charge in [-0.3, -0.25) is 9.59 Å². The number of halogens is 3. The number of carbonyl (C=O) groups is 1. The lowest BCUT2D eigenvalue weighted by Crippen LogP contribution is -2.22. The Kier molecular flexibility index (Phi) is 4.08. The highest BCUT2D eigenvalue weighted by Gasteiger charge is 2.30. The standard InChI is InChI=1S/C18H13F3N2O2/c1-10-4-2-3-5-14(10)23-17(25)13-9-22-15-8-11(18(19,20)21)6-7-12(15)16(13)24/h2-9H,1H3,(H,22,24)(H,23,25). The van der Waals surface area contributed by atoms with E-state index in [1.807, 2.05) is 6.07 Å². The number of amides is 1. The molecule has 1 aromatic heterocycles. The normalized spacial score (nSPS) is 11.5. The molecule has 25 heavy (non-hydrogen) atoms. The Morgan fingerprint density at radius 2 is 1.84 bits per heavy atom. The van der Waals surface area contributed by atoms with Gasteiger partial charge in [-0.05, 0) is 36.8 Å². The Bertz CT molecular complexity index is 1020. The fourth-order valence-electron chi connectivity index (χ4n) is 2.47. The highest BCUT2D eigenvalue weighted by Crippen LogP contribution is 2.30. The van der Waals surface area contributed by atoms with Crippen molar-refractivity contribution in [1.82, 2.24) is 4.98 Å². The van der Waals surface area contributed by atoms with E-state index in [1.165, 1.54) is 0 Å². The van der Waals surface area contributed by atoms with Crippen molar-refractivity contribution in [3.05, 3.63) is 75.6 Å². The van der Waals surface area contributed by atoms with Crippen LogP contribution >= 0.6 is 0 Å². The van der Waals surface area contributed by atoms with Crippen LogP contribution in [0.2, 0.25) is 0 Å². The van der Waals surface area contributed by atoms with Gasteiger partial charge in [-0.2, -0.15) is 13.2 Å². The van der Waals surface area contributed by atoms with Crippen LogP contribution in [-0.4, -0.2) is 10.9 Å². The summed E-state index contributed by atoms with van der Waals surface area (Å²) in [5, 5.41) is 2.65. The number of rotatable bonds is 2. The lowest BCUT2D eigenvalue weighted by atomic mass is 10.1. The Balaban J connectivity index is 2.00. The van der Waals surface area contributed by atoms with E-state index in [4.69, 9.17) is 0 Å². The molecule has 0 spiro atoms. The molecule has 1 heterocycles. The number of aromatic nitrogens is 1. The second-order valence-corrected chi connectivity index (χ2v) is 5.56. The summed E-state index contributed by atoms with van der Waals surface area (Å²) in [6, 6.07) is 9.79. The number of carbonyl (C=O) groups excluding carboxylic acids is 1. The van der Waals surface area contributed by atoms with Crippen molar-refractivity contribution in [3.8, 4) is 0 Å². The van der Waals surface area contributed by atoms with Crippen LogP contribution in [0.4, 0.5) is 18.9 Å². The average Bonchev–Trinajstić information content (AvgIpc) is 2.56. The molecular formula is C18H13F3N2O2. The van der Waals surface area contributed by atoms with Crippen LogP contribution in [0, 0.1) is 6.92 Å². The molecule has 0 saturated heterocycles. The molecule has 0 aliphatic rings. The molecule has 0 unspecified atom stereocenters. The number of anilines is 1. The molecule has 0 aliphatic carbocycles. The summed E-state index contributed by atoms with van der Waals surface area (Å²) in [6.07, 6.45) is -3.38. The third kappa shape index (κ3) is 3.26. The molecule has 0 aliphatic heterocycles. The Morgan fingerprint density at radius 1 is 1.12 bits per heavy atom. The number of hydrogen-bond donors (Lipinski definition) is 2. The molecule has 2 aromatic carbocycles. The molecule has 0 saturated carbocycles. The number of aryl methyl sites for hydroxylation is 1. The van der Waals surface area contributed by atoms with E-state index in [0.717, 1.165) is 30.0 Å². The van der Waals surface area contributed by atoms with Crippen LogP contribution < -0.4 is 10.7 Å². The molecule has 0 atom stereocenters. The van der Waals surface area contributed by atoms with Gasteiger partial charge in [0.15, 0.2) is 0 Å². The van der Waals surface area contributed by atoms with Gasteiger partial charge < -0.3 is 10.3 Å². The first-order valence-corrected chi connectivity index (χ1v) is 7.37. The van der Waals surface area contributed by atoms with Crippen LogP contribution in [0.15, 0.2) is 53.5 Å². The van der Waals surface area contributed by atoms with Crippen molar-refractivity contribution in [2.24, 2.45) is 0 Å². The highest BCUT2D eigenvalue weighted by atomic mass is 19.4. The quantitative estimate of drug-likeness (QED) is 0.734. The third-order valence-corrected chi connectivity index (χ3v) is 3.85. The minimum absolute atomic E-state index is 0.0189. The van der Waals surface area contributed by atoms with Crippen LogP contribution in [0.3, 0.4) is 0 Å². The van der Waals surface area contributed by atoms with Crippen LogP contribution in [0.25, 0.3) is 10.9 Å². The van der Waals surface area contributed by atoms with Gasteiger partial charge in [0, 0.05) is 22.8 Å². The summed E-state index contributed by atoms with van der Waals surface area (Å²) in [5.74, 6) is -0.627. The zero-order valence-corrected chi connectivity index (χ0v) is 13.1. The number of benzene rings is 2. The molecule has 1 amide bonds. The SMILES string of the molecule is Cc1ccccc1NC(=O)c1c[nH]c2cc(C(F)(F)F)ccc2c1=O. The van der Waals surface area contributed by atoms with Crippen LogP contribution in [0.1, 0.15) is 21.5 Å². The minimum atomic E-state index is -4.51. The molecule has 4 nitrogen and oxygen atoms in total. The number of fused-ring (bicyclic) bond motifs is 1. The average molecular weight is 346 g/mol. The Morgan fingerprint density at radius 3 is 2.52 bits per heavy atom. The van der Waals surface area contributed by atoms with E-state index in [2.05, 4.69) is 10.3 Å². The van der Waals surface area contributed by atoms with E-state index in [1.54, 1.807) is 25.1 Å². The molecule has 2 N–H and O–H groups in total. The monoisotopic (exact) mass is 346 g/mol. The Labute approximate surface area is 140 Å². The number of H-pyrrole nitrogens is 1. The summed E-state index contributed by atoms with van der Waals surface area (Å²) in [6.45, 7) is 1.80. The van der Waals surface area contributed by atoms with Gasteiger partial charge >= 0.3 is 6.18 Å². The summed E-state index contributed by atoms with van der Waals surface area (Å²) < 4.78 is 38.2. The molecule has 7 heteroatoms. The van der Waals surface area contributed by atoms with Crippen molar-refractivity contribution >= 4 is 22.5 Å². The second-order valence-electron chi connectivity index (χ2n) is 5.56. The second kappa shape index (κ2) is 6.08. The lowest BCUT2D eigenvalue weighted by Gasteiger charge is -2.10. The largest absolute Gasteiger partial charge is 0.416 e. The van der Waals surface area contributed by atoms with Crippen molar-refractivity contribution < 1.29 is 18.0 Å². The first-order chi connectivity index (χ1) is 11.8. The maximum Gasteiger partial charge on any atom is 0.416 e. The van der Waals surface area contributed by atoms with Gasteiger partial charge in [0.1, 0.15) is 5.56 Å². The number of pyridine rings is 1. The number of para-hydroxylation sites is 1. The van der Waals surface area contributed by atoms with Gasteiger partial charge in [-0.25, -0.2) is 0 Å². The van der Waals surface area contributed by atoms with Crippen molar-refractivity contribution in [2.45, 2.75) is 13.1 Å². The number of aromatic amines is 1. The van der Waals surface area contributed by atoms with E-state index < -0.39 is 23.1 Å². The molecule has 128 valence electrons. The Hall–Kier alpha value is -3.09. The predicted molar refractivity (Wildman–Crippen MR) is 88.7 cm³/mol. The number of alkyl halides is 3. The first kappa shape index (κ1) is 16.8. The maximum absolute atomic E-state index is 12.7. The summed E-state index contributed by atoms with van der Waals surface area (Å²) >= 11 is 0. The summed E-state index contributed by atoms with van der Waals surface area (Å²) in [5.41, 5.74) is -0.272. The maximum atomic E-state index is 12.7. The highest BCUT2D eigenvalue weighted by molar-refractivity contribution is 6.06.